The van der Waals surface area contributed by atoms with Crippen molar-refractivity contribution < 1.29 is 19.0 Å². The summed E-state index contributed by atoms with van der Waals surface area (Å²) in [6, 6.07) is 0. The minimum Gasteiger partial charge on any atom is -0.453 e. The molecule has 0 amide bonds. The van der Waals surface area contributed by atoms with E-state index in [1.807, 2.05) is 13.8 Å². The first-order valence-electron chi connectivity index (χ1n) is 5.45. The molecule has 0 aliphatic carbocycles. The van der Waals surface area contributed by atoms with Crippen LogP contribution >= 0.6 is 0 Å². The van der Waals surface area contributed by atoms with Gasteiger partial charge in [0.25, 0.3) is 0 Å². The van der Waals surface area contributed by atoms with Gasteiger partial charge in [-0.05, 0) is 13.8 Å². The lowest BCUT2D eigenvalue weighted by Crippen LogP contribution is -2.28. The molecule has 1 aliphatic rings. The highest BCUT2D eigenvalue weighted by Gasteiger charge is 2.40. The van der Waals surface area contributed by atoms with Crippen molar-refractivity contribution in [1.82, 2.24) is 9.97 Å². The van der Waals surface area contributed by atoms with Gasteiger partial charge in [-0.15, -0.1) is 0 Å². The molecule has 6 nitrogen and oxygen atoms in total. The molecule has 0 unspecified atom stereocenters. The third-order valence-corrected chi connectivity index (χ3v) is 2.49. The second kappa shape index (κ2) is 4.46. The Hall–Kier alpha value is -1.40. The van der Waals surface area contributed by atoms with Crippen LogP contribution in [0.5, 0.6) is 0 Å². The second-order valence-electron chi connectivity index (χ2n) is 4.40. The van der Waals surface area contributed by atoms with Gasteiger partial charge in [-0.1, -0.05) is 0 Å². The maximum Gasteiger partial charge on any atom is 0.303 e. The molecule has 1 saturated heterocycles. The summed E-state index contributed by atoms with van der Waals surface area (Å²) in [6.45, 7) is 5.39. The number of nitrogens with zero attached hydrogens (tertiary/aromatic N) is 1. The number of imidazole rings is 1. The average Bonchev–Trinajstić information content (AvgIpc) is 2.83. The number of carbonyl (C=O) groups is 1. The number of hydrogen-bond donors (Lipinski definition) is 1. The molecule has 1 N–H and O–H groups in total. The van der Waals surface area contributed by atoms with E-state index in [2.05, 4.69) is 9.97 Å². The summed E-state index contributed by atoms with van der Waals surface area (Å²) >= 11 is 0. The summed E-state index contributed by atoms with van der Waals surface area (Å²) in [4.78, 5) is 18.0. The fourth-order valence-electron chi connectivity index (χ4n) is 1.81. The van der Waals surface area contributed by atoms with Crippen molar-refractivity contribution in [2.75, 3.05) is 6.61 Å². The standard InChI is InChI=1S/C11H16N2O4/c1-7(14)16-10(8-4-12-6-13-8)9-5-15-11(2,3)17-9/h4,6,9-10H,5H2,1-3H3,(H,12,13)/t9-,10+/m1/s1. The molecule has 1 aromatic rings. The van der Waals surface area contributed by atoms with Crippen LogP contribution in [0.2, 0.25) is 0 Å². The molecule has 1 fully saturated rings. The van der Waals surface area contributed by atoms with E-state index in [1.165, 1.54) is 13.3 Å². The molecule has 0 radical (unpaired) electrons. The predicted octanol–water partition coefficient (Wildman–Crippen LogP) is 1.17. The van der Waals surface area contributed by atoms with Crippen molar-refractivity contribution in [1.29, 1.82) is 0 Å². The van der Waals surface area contributed by atoms with Crippen LogP contribution in [0.4, 0.5) is 0 Å². The summed E-state index contributed by atoms with van der Waals surface area (Å²) < 4.78 is 16.4. The van der Waals surface area contributed by atoms with Crippen molar-refractivity contribution in [3.8, 4) is 0 Å². The van der Waals surface area contributed by atoms with Gasteiger partial charge in [0.2, 0.25) is 0 Å². The van der Waals surface area contributed by atoms with Gasteiger partial charge >= 0.3 is 5.97 Å². The Labute approximate surface area is 99.3 Å². The smallest absolute Gasteiger partial charge is 0.303 e. The molecule has 17 heavy (non-hydrogen) atoms. The minimum absolute atomic E-state index is 0.325. The van der Waals surface area contributed by atoms with Crippen LogP contribution in [0.1, 0.15) is 32.6 Å². The molecule has 1 aromatic heterocycles. The van der Waals surface area contributed by atoms with Crippen LogP contribution in [0.25, 0.3) is 0 Å². The van der Waals surface area contributed by atoms with Crippen molar-refractivity contribution in [2.45, 2.75) is 38.8 Å². The molecule has 6 heteroatoms. The van der Waals surface area contributed by atoms with Gasteiger partial charge in [0.05, 0.1) is 24.8 Å². The van der Waals surface area contributed by atoms with Crippen molar-refractivity contribution in [3.05, 3.63) is 18.2 Å². The number of nitrogens with one attached hydrogen (secondary N) is 1. The fourth-order valence-corrected chi connectivity index (χ4v) is 1.81. The quantitative estimate of drug-likeness (QED) is 0.803. The topological polar surface area (TPSA) is 73.4 Å². The lowest BCUT2D eigenvalue weighted by molar-refractivity contribution is -0.170. The van der Waals surface area contributed by atoms with Gasteiger partial charge < -0.3 is 19.2 Å². The van der Waals surface area contributed by atoms with E-state index in [1.54, 1.807) is 6.20 Å². The predicted molar refractivity (Wildman–Crippen MR) is 58.0 cm³/mol. The molecule has 2 rings (SSSR count). The maximum absolute atomic E-state index is 11.1. The number of ether oxygens (including phenoxy) is 3. The van der Waals surface area contributed by atoms with E-state index in [0.717, 1.165) is 0 Å². The first-order chi connectivity index (χ1) is 7.98. The summed E-state index contributed by atoms with van der Waals surface area (Å²) in [5.41, 5.74) is 0.700. The molecule has 0 spiro atoms. The molecular weight excluding hydrogens is 224 g/mol. The van der Waals surface area contributed by atoms with E-state index in [4.69, 9.17) is 14.2 Å². The van der Waals surface area contributed by atoms with Crippen LogP contribution in [-0.4, -0.2) is 34.4 Å². The Morgan fingerprint density at radius 1 is 1.71 bits per heavy atom. The molecule has 94 valence electrons. The molecule has 0 bridgehead atoms. The Balaban J connectivity index is 2.14. The molecule has 2 heterocycles. The summed E-state index contributed by atoms with van der Waals surface area (Å²) in [7, 11) is 0. The number of aromatic nitrogens is 2. The highest BCUT2D eigenvalue weighted by atomic mass is 16.8. The van der Waals surface area contributed by atoms with E-state index >= 15 is 0 Å². The summed E-state index contributed by atoms with van der Waals surface area (Å²) in [6.07, 6.45) is 2.31. The third kappa shape index (κ3) is 2.83. The number of hydrogen-bond acceptors (Lipinski definition) is 5. The van der Waals surface area contributed by atoms with Crippen molar-refractivity contribution >= 4 is 5.97 Å². The molecule has 2 atom stereocenters. The summed E-state index contributed by atoms with van der Waals surface area (Å²) in [5, 5.41) is 0. The number of esters is 1. The highest BCUT2D eigenvalue weighted by molar-refractivity contribution is 5.66. The van der Waals surface area contributed by atoms with Gasteiger partial charge in [-0.25, -0.2) is 4.98 Å². The van der Waals surface area contributed by atoms with E-state index in [0.29, 0.717) is 12.3 Å². The first kappa shape index (κ1) is 12.1. The van der Waals surface area contributed by atoms with Gasteiger partial charge in [0, 0.05) is 6.92 Å². The van der Waals surface area contributed by atoms with Crippen LogP contribution < -0.4 is 0 Å². The lowest BCUT2D eigenvalue weighted by Gasteiger charge is -2.22. The molecule has 0 saturated carbocycles. The number of aromatic amines is 1. The van der Waals surface area contributed by atoms with E-state index < -0.39 is 11.9 Å². The minimum atomic E-state index is -0.650. The van der Waals surface area contributed by atoms with Gasteiger partial charge in [-0.2, -0.15) is 0 Å². The Bertz CT molecular complexity index is 388. The van der Waals surface area contributed by atoms with Gasteiger partial charge in [0.15, 0.2) is 11.9 Å². The Morgan fingerprint density at radius 2 is 2.47 bits per heavy atom. The zero-order valence-corrected chi connectivity index (χ0v) is 10.1. The van der Waals surface area contributed by atoms with E-state index in [9.17, 15) is 4.79 Å². The van der Waals surface area contributed by atoms with Crippen molar-refractivity contribution in [3.63, 3.8) is 0 Å². The largest absolute Gasteiger partial charge is 0.453 e. The second-order valence-corrected chi connectivity index (χ2v) is 4.40. The van der Waals surface area contributed by atoms with Crippen LogP contribution in [0.3, 0.4) is 0 Å². The number of H-pyrrole nitrogens is 1. The summed E-state index contributed by atoms with van der Waals surface area (Å²) in [5.74, 6) is -1.01. The normalized spacial score (nSPS) is 24.5. The molecule has 0 aromatic carbocycles. The van der Waals surface area contributed by atoms with Crippen molar-refractivity contribution in [2.24, 2.45) is 0 Å². The molecular formula is C11H16N2O4. The zero-order valence-electron chi connectivity index (χ0n) is 10.1. The Kier molecular flexibility index (Phi) is 3.17. The average molecular weight is 240 g/mol. The first-order valence-corrected chi connectivity index (χ1v) is 5.45. The van der Waals surface area contributed by atoms with Crippen LogP contribution in [0, 0.1) is 0 Å². The highest BCUT2D eigenvalue weighted by Crippen LogP contribution is 2.32. The number of carbonyl (C=O) groups excluding carboxylic acids is 1. The zero-order chi connectivity index (χ0) is 12.5. The molecule has 1 aliphatic heterocycles. The van der Waals surface area contributed by atoms with Crippen LogP contribution in [-0.2, 0) is 19.0 Å². The Morgan fingerprint density at radius 3 is 2.94 bits per heavy atom. The van der Waals surface area contributed by atoms with Crippen LogP contribution in [0.15, 0.2) is 12.5 Å². The van der Waals surface area contributed by atoms with E-state index in [-0.39, 0.29) is 12.1 Å². The van der Waals surface area contributed by atoms with Gasteiger partial charge in [0.1, 0.15) is 6.10 Å². The third-order valence-electron chi connectivity index (χ3n) is 2.49. The SMILES string of the molecule is CC(=O)O[C@@H](c1cnc[nH]1)[C@H]1COC(C)(C)O1. The fraction of sp³-hybridized carbons (Fsp3) is 0.636. The monoisotopic (exact) mass is 240 g/mol. The van der Waals surface area contributed by atoms with Gasteiger partial charge in [-0.3, -0.25) is 4.79 Å². The maximum atomic E-state index is 11.1. The lowest BCUT2D eigenvalue weighted by atomic mass is 10.1. The number of rotatable bonds is 3.